The molecule has 15 heavy (non-hydrogen) atoms. The van der Waals surface area contributed by atoms with E-state index in [1.807, 2.05) is 0 Å². The molecule has 1 aromatic rings. The highest BCUT2D eigenvalue weighted by Gasteiger charge is 2.21. The van der Waals surface area contributed by atoms with Gasteiger partial charge >= 0.3 is 0 Å². The Morgan fingerprint density at radius 3 is 2.73 bits per heavy atom. The average molecular weight is 276 g/mol. The molecule has 1 aromatic carbocycles. The second kappa shape index (κ2) is 5.05. The van der Waals surface area contributed by atoms with Crippen LogP contribution in [0.3, 0.4) is 0 Å². The fraction of sp³-hybridized carbons (Fsp3) is 0.455. The van der Waals surface area contributed by atoms with E-state index < -0.39 is 5.60 Å². The molecule has 2 nitrogen and oxygen atoms in total. The first-order valence-electron chi connectivity index (χ1n) is 4.81. The van der Waals surface area contributed by atoms with Crippen molar-refractivity contribution in [2.45, 2.75) is 25.4 Å². The molecule has 0 bridgehead atoms. The molecule has 84 valence electrons. The van der Waals surface area contributed by atoms with Crippen molar-refractivity contribution in [3.8, 4) is 0 Å². The standard InChI is InChI=1S/C11H15BrFNO/c1-11(15,4-5-14)7-8-2-3-9(13)6-10(8)12/h2-3,6,15H,4-5,7,14H2,1H3. The van der Waals surface area contributed by atoms with Crippen LogP contribution in [0.2, 0.25) is 0 Å². The van der Waals surface area contributed by atoms with E-state index in [-0.39, 0.29) is 5.82 Å². The first kappa shape index (κ1) is 12.6. The van der Waals surface area contributed by atoms with Crippen LogP contribution in [0, 0.1) is 5.82 Å². The summed E-state index contributed by atoms with van der Waals surface area (Å²) in [6, 6.07) is 4.46. The van der Waals surface area contributed by atoms with Gasteiger partial charge in [-0.3, -0.25) is 0 Å². The maximum atomic E-state index is 12.8. The van der Waals surface area contributed by atoms with Crippen molar-refractivity contribution in [1.82, 2.24) is 0 Å². The third kappa shape index (κ3) is 3.89. The van der Waals surface area contributed by atoms with Crippen molar-refractivity contribution in [3.63, 3.8) is 0 Å². The summed E-state index contributed by atoms with van der Waals surface area (Å²) in [6.45, 7) is 2.17. The van der Waals surface area contributed by atoms with Gasteiger partial charge in [-0.05, 0) is 37.6 Å². The Hall–Kier alpha value is -0.450. The maximum absolute atomic E-state index is 12.8. The fourth-order valence-corrected chi connectivity index (χ4v) is 1.97. The quantitative estimate of drug-likeness (QED) is 0.885. The van der Waals surface area contributed by atoms with Crippen molar-refractivity contribution in [3.05, 3.63) is 34.1 Å². The maximum Gasteiger partial charge on any atom is 0.124 e. The third-order valence-corrected chi connectivity index (χ3v) is 3.01. The van der Waals surface area contributed by atoms with Gasteiger partial charge in [-0.1, -0.05) is 22.0 Å². The van der Waals surface area contributed by atoms with Crippen LogP contribution in [0.4, 0.5) is 4.39 Å². The van der Waals surface area contributed by atoms with E-state index in [0.29, 0.717) is 23.9 Å². The molecule has 0 saturated heterocycles. The monoisotopic (exact) mass is 275 g/mol. The number of hydrogen-bond acceptors (Lipinski definition) is 2. The third-order valence-electron chi connectivity index (χ3n) is 2.27. The van der Waals surface area contributed by atoms with Gasteiger partial charge in [0.05, 0.1) is 5.60 Å². The lowest BCUT2D eigenvalue weighted by molar-refractivity contribution is 0.0537. The Bertz CT molecular complexity index is 341. The van der Waals surface area contributed by atoms with Crippen LogP contribution in [0.5, 0.6) is 0 Å². The minimum atomic E-state index is -0.838. The Morgan fingerprint density at radius 1 is 1.53 bits per heavy atom. The van der Waals surface area contributed by atoms with Crippen LogP contribution < -0.4 is 5.73 Å². The summed E-state index contributed by atoms with van der Waals surface area (Å²) >= 11 is 3.27. The van der Waals surface area contributed by atoms with Crippen LogP contribution in [-0.4, -0.2) is 17.3 Å². The van der Waals surface area contributed by atoms with Crippen molar-refractivity contribution in [2.24, 2.45) is 5.73 Å². The van der Waals surface area contributed by atoms with Crippen LogP contribution in [0.1, 0.15) is 18.9 Å². The summed E-state index contributed by atoms with van der Waals surface area (Å²) in [4.78, 5) is 0. The fourth-order valence-electron chi connectivity index (χ4n) is 1.47. The van der Waals surface area contributed by atoms with Crippen molar-refractivity contribution >= 4 is 15.9 Å². The van der Waals surface area contributed by atoms with Gasteiger partial charge in [0.15, 0.2) is 0 Å². The molecule has 0 spiro atoms. The number of aliphatic hydroxyl groups is 1. The summed E-state index contributed by atoms with van der Waals surface area (Å²) in [5.74, 6) is -0.288. The minimum absolute atomic E-state index is 0.288. The molecule has 0 radical (unpaired) electrons. The molecule has 0 fully saturated rings. The zero-order chi connectivity index (χ0) is 11.5. The summed E-state index contributed by atoms with van der Waals surface area (Å²) < 4.78 is 13.5. The SMILES string of the molecule is CC(O)(CCN)Cc1ccc(F)cc1Br. The predicted octanol–water partition coefficient (Wildman–Crippen LogP) is 2.23. The van der Waals surface area contributed by atoms with Crippen LogP contribution in [0.25, 0.3) is 0 Å². The lowest BCUT2D eigenvalue weighted by Gasteiger charge is -2.23. The molecule has 0 aromatic heterocycles. The molecule has 0 aliphatic rings. The second-order valence-corrected chi connectivity index (χ2v) is 4.80. The molecule has 0 amide bonds. The topological polar surface area (TPSA) is 46.2 Å². The summed E-state index contributed by atoms with van der Waals surface area (Å²) in [6.07, 6.45) is 0.988. The predicted molar refractivity (Wildman–Crippen MR) is 62.1 cm³/mol. The zero-order valence-corrected chi connectivity index (χ0v) is 10.2. The zero-order valence-electron chi connectivity index (χ0n) is 8.63. The van der Waals surface area contributed by atoms with Gasteiger partial charge in [-0.15, -0.1) is 0 Å². The molecular formula is C11H15BrFNO. The molecule has 0 aliphatic carbocycles. The van der Waals surface area contributed by atoms with Gasteiger partial charge in [0.2, 0.25) is 0 Å². The van der Waals surface area contributed by atoms with Crippen molar-refractivity contribution in [2.75, 3.05) is 6.54 Å². The van der Waals surface area contributed by atoms with E-state index in [4.69, 9.17) is 5.73 Å². The molecular weight excluding hydrogens is 261 g/mol. The molecule has 1 rings (SSSR count). The number of nitrogens with two attached hydrogens (primary N) is 1. The molecule has 0 saturated carbocycles. The largest absolute Gasteiger partial charge is 0.390 e. The molecule has 3 N–H and O–H groups in total. The summed E-state index contributed by atoms with van der Waals surface area (Å²) in [5.41, 5.74) is 5.44. The Kier molecular flexibility index (Phi) is 4.25. The first-order valence-corrected chi connectivity index (χ1v) is 5.60. The van der Waals surface area contributed by atoms with Gasteiger partial charge in [-0.2, -0.15) is 0 Å². The van der Waals surface area contributed by atoms with E-state index >= 15 is 0 Å². The number of benzene rings is 1. The summed E-state index contributed by atoms with van der Waals surface area (Å²) in [5, 5.41) is 9.97. The molecule has 0 aliphatic heterocycles. The van der Waals surface area contributed by atoms with Gasteiger partial charge in [0.25, 0.3) is 0 Å². The van der Waals surface area contributed by atoms with Crippen LogP contribution in [-0.2, 0) is 6.42 Å². The molecule has 4 heteroatoms. The number of halogens is 2. The lowest BCUT2D eigenvalue weighted by atomic mass is 9.93. The highest BCUT2D eigenvalue weighted by molar-refractivity contribution is 9.10. The van der Waals surface area contributed by atoms with Gasteiger partial charge in [-0.25, -0.2) is 4.39 Å². The highest BCUT2D eigenvalue weighted by atomic mass is 79.9. The van der Waals surface area contributed by atoms with Gasteiger partial charge in [0.1, 0.15) is 5.82 Å². The van der Waals surface area contributed by atoms with Crippen molar-refractivity contribution < 1.29 is 9.50 Å². The van der Waals surface area contributed by atoms with E-state index in [0.717, 1.165) is 5.56 Å². The Balaban J connectivity index is 2.80. The van der Waals surface area contributed by atoms with Crippen LogP contribution >= 0.6 is 15.9 Å². The minimum Gasteiger partial charge on any atom is -0.390 e. The molecule has 1 atom stereocenters. The summed E-state index contributed by atoms with van der Waals surface area (Å²) in [7, 11) is 0. The van der Waals surface area contributed by atoms with Crippen LogP contribution in [0.15, 0.2) is 22.7 Å². The van der Waals surface area contributed by atoms with E-state index in [2.05, 4.69) is 15.9 Å². The Morgan fingerprint density at radius 2 is 2.20 bits per heavy atom. The van der Waals surface area contributed by atoms with Gasteiger partial charge < -0.3 is 10.8 Å². The molecule has 0 heterocycles. The van der Waals surface area contributed by atoms with Gasteiger partial charge in [0, 0.05) is 10.9 Å². The normalized spacial score (nSPS) is 15.0. The Labute approximate surface area is 97.4 Å². The number of rotatable bonds is 4. The second-order valence-electron chi connectivity index (χ2n) is 3.95. The first-order chi connectivity index (χ1) is 6.94. The van der Waals surface area contributed by atoms with E-state index in [1.165, 1.54) is 12.1 Å². The number of hydrogen-bond donors (Lipinski definition) is 2. The van der Waals surface area contributed by atoms with E-state index in [1.54, 1.807) is 13.0 Å². The molecule has 1 unspecified atom stereocenters. The smallest absolute Gasteiger partial charge is 0.124 e. The van der Waals surface area contributed by atoms with Crippen molar-refractivity contribution in [1.29, 1.82) is 0 Å². The van der Waals surface area contributed by atoms with E-state index in [9.17, 15) is 9.50 Å². The average Bonchev–Trinajstić information content (AvgIpc) is 2.09. The highest BCUT2D eigenvalue weighted by Crippen LogP contribution is 2.24. The lowest BCUT2D eigenvalue weighted by Crippen LogP contribution is -2.30.